The Labute approximate surface area is 147 Å². The van der Waals surface area contributed by atoms with Crippen LogP contribution < -0.4 is 5.32 Å². The maximum atomic E-state index is 13.0. The average Bonchev–Trinajstić information content (AvgIpc) is 3.28. The number of carbonyl (C=O) groups excluding carboxylic acids is 1. The molecule has 6 heteroatoms. The fourth-order valence-corrected chi connectivity index (χ4v) is 5.78. The van der Waals surface area contributed by atoms with Gasteiger partial charge in [0.15, 0.2) is 5.82 Å². The Balaban J connectivity index is 1.39. The molecule has 3 aliphatic carbocycles. The topological polar surface area (TPSA) is 64.7 Å². The van der Waals surface area contributed by atoms with Gasteiger partial charge in [-0.05, 0) is 68.3 Å². The first-order valence-electron chi connectivity index (χ1n) is 9.52. The molecular formula is C19H25N5O. The van der Waals surface area contributed by atoms with Gasteiger partial charge in [-0.15, -0.1) is 0 Å². The fraction of sp³-hybridized carbons (Fsp3) is 0.632. The van der Waals surface area contributed by atoms with Crippen LogP contribution in [0.5, 0.6) is 0 Å². The molecule has 2 aromatic heterocycles. The zero-order chi connectivity index (χ0) is 17.0. The number of nitrogens with one attached hydrogen (secondary N) is 1. The minimum Gasteiger partial charge on any atom is -0.349 e. The van der Waals surface area contributed by atoms with Crippen molar-refractivity contribution >= 4 is 5.91 Å². The van der Waals surface area contributed by atoms with Crippen LogP contribution in [0.25, 0.3) is 5.82 Å². The Kier molecular flexibility index (Phi) is 3.47. The summed E-state index contributed by atoms with van der Waals surface area (Å²) in [4.78, 5) is 13.0. The van der Waals surface area contributed by atoms with E-state index in [-0.39, 0.29) is 5.91 Å². The summed E-state index contributed by atoms with van der Waals surface area (Å²) in [5.41, 5.74) is 0.607. The highest BCUT2D eigenvalue weighted by Crippen LogP contribution is 2.53. The van der Waals surface area contributed by atoms with Crippen molar-refractivity contribution < 1.29 is 4.79 Å². The van der Waals surface area contributed by atoms with Crippen LogP contribution in [0.2, 0.25) is 0 Å². The molecule has 0 aromatic carbocycles. The van der Waals surface area contributed by atoms with Crippen molar-refractivity contribution in [1.29, 1.82) is 0 Å². The largest absolute Gasteiger partial charge is 0.349 e. The van der Waals surface area contributed by atoms with Crippen molar-refractivity contribution in [3.63, 3.8) is 0 Å². The SMILES string of the molecule is Cn1ncc(C(=O)N[C@H]2CCC3CC4CC(C3)C2C4)c1-n1cccn1. The van der Waals surface area contributed by atoms with E-state index in [1.807, 2.05) is 19.3 Å². The number of hydrogen-bond donors (Lipinski definition) is 1. The molecule has 0 saturated heterocycles. The Morgan fingerprint density at radius 2 is 2.04 bits per heavy atom. The Morgan fingerprint density at radius 3 is 2.88 bits per heavy atom. The minimum absolute atomic E-state index is 0.00942. The predicted octanol–water partition coefficient (Wildman–Crippen LogP) is 2.55. The number of nitrogens with zero attached hydrogens (tertiary/aromatic N) is 4. The van der Waals surface area contributed by atoms with Gasteiger partial charge in [0.2, 0.25) is 0 Å². The third kappa shape index (κ3) is 2.50. The van der Waals surface area contributed by atoms with Crippen LogP contribution in [0.1, 0.15) is 48.9 Å². The van der Waals surface area contributed by atoms with Gasteiger partial charge >= 0.3 is 0 Å². The van der Waals surface area contributed by atoms with Gasteiger partial charge in [-0.3, -0.25) is 9.48 Å². The molecule has 2 aromatic rings. The van der Waals surface area contributed by atoms with Gasteiger partial charge in [0.05, 0.1) is 6.20 Å². The van der Waals surface area contributed by atoms with Crippen LogP contribution in [0, 0.1) is 23.7 Å². The maximum Gasteiger partial charge on any atom is 0.256 e. The van der Waals surface area contributed by atoms with E-state index >= 15 is 0 Å². The van der Waals surface area contributed by atoms with Gasteiger partial charge in [-0.2, -0.15) is 10.2 Å². The fourth-order valence-electron chi connectivity index (χ4n) is 5.78. The highest BCUT2D eigenvalue weighted by molar-refractivity contribution is 5.97. The van der Waals surface area contributed by atoms with Gasteiger partial charge in [-0.1, -0.05) is 0 Å². The van der Waals surface area contributed by atoms with Gasteiger partial charge in [0.25, 0.3) is 5.91 Å². The van der Waals surface area contributed by atoms with Gasteiger partial charge in [0.1, 0.15) is 5.56 Å². The molecule has 0 aliphatic heterocycles. The summed E-state index contributed by atoms with van der Waals surface area (Å²) in [7, 11) is 1.85. The number of fused-ring (bicyclic) bond motifs is 2. The molecule has 0 spiro atoms. The summed E-state index contributed by atoms with van der Waals surface area (Å²) in [6, 6.07) is 2.17. The van der Waals surface area contributed by atoms with Crippen molar-refractivity contribution in [2.45, 2.75) is 44.6 Å². The number of carbonyl (C=O) groups is 1. The molecule has 3 saturated carbocycles. The van der Waals surface area contributed by atoms with Crippen molar-refractivity contribution in [3.05, 3.63) is 30.2 Å². The van der Waals surface area contributed by atoms with Gasteiger partial charge in [0, 0.05) is 25.5 Å². The molecule has 1 N–H and O–H groups in total. The van der Waals surface area contributed by atoms with E-state index in [1.165, 1.54) is 32.1 Å². The minimum atomic E-state index is -0.00942. The molecule has 0 radical (unpaired) electrons. The van der Waals surface area contributed by atoms with Crippen LogP contribution in [0.3, 0.4) is 0 Å². The molecule has 25 heavy (non-hydrogen) atoms. The van der Waals surface area contributed by atoms with E-state index in [9.17, 15) is 4.79 Å². The predicted molar refractivity (Wildman–Crippen MR) is 93.2 cm³/mol. The highest BCUT2D eigenvalue weighted by atomic mass is 16.1. The van der Waals surface area contributed by atoms with Crippen LogP contribution in [0.4, 0.5) is 0 Å². The summed E-state index contributed by atoms with van der Waals surface area (Å²) < 4.78 is 3.42. The Bertz CT molecular complexity index is 780. The standard InChI is InChI=1S/C19H25N5O/c1-23-19(24-6-2-5-20-24)16(11-21-23)18(25)22-17-4-3-12-7-13-9-14(8-12)15(17)10-13/h2,5-6,11-15,17H,3-4,7-10H2,1H3,(H,22,25)/t12?,13?,14?,15?,17-/m0/s1. The second-order valence-electron chi connectivity index (χ2n) is 8.21. The second kappa shape index (κ2) is 5.71. The van der Waals surface area contributed by atoms with Crippen molar-refractivity contribution in [2.24, 2.45) is 30.7 Å². The first-order valence-corrected chi connectivity index (χ1v) is 9.52. The average molecular weight is 339 g/mol. The molecule has 6 nitrogen and oxygen atoms in total. The lowest BCUT2D eigenvalue weighted by Crippen LogP contribution is -2.41. The molecule has 5 rings (SSSR count). The molecule has 3 fully saturated rings. The smallest absolute Gasteiger partial charge is 0.256 e. The van der Waals surface area contributed by atoms with Gasteiger partial charge < -0.3 is 5.32 Å². The van der Waals surface area contributed by atoms with E-state index in [4.69, 9.17) is 0 Å². The third-order valence-corrected chi connectivity index (χ3v) is 6.74. The van der Waals surface area contributed by atoms with Crippen LogP contribution in [0.15, 0.2) is 24.7 Å². The molecule has 132 valence electrons. The molecule has 5 atom stereocenters. The first kappa shape index (κ1) is 15.2. The van der Waals surface area contributed by atoms with Gasteiger partial charge in [-0.25, -0.2) is 4.68 Å². The van der Waals surface area contributed by atoms with E-state index < -0.39 is 0 Å². The molecule has 1 amide bonds. The number of rotatable bonds is 3. The summed E-state index contributed by atoms with van der Waals surface area (Å²) in [6.07, 6.45) is 13.1. The summed E-state index contributed by atoms with van der Waals surface area (Å²) >= 11 is 0. The van der Waals surface area contributed by atoms with Crippen molar-refractivity contribution in [1.82, 2.24) is 24.9 Å². The molecular weight excluding hydrogens is 314 g/mol. The molecule has 3 bridgehead atoms. The van der Waals surface area contributed by atoms with Crippen molar-refractivity contribution in [2.75, 3.05) is 0 Å². The summed E-state index contributed by atoms with van der Waals surface area (Å²) in [6.45, 7) is 0. The highest BCUT2D eigenvalue weighted by Gasteiger charge is 2.46. The van der Waals surface area contributed by atoms with E-state index in [0.29, 0.717) is 17.5 Å². The Hall–Kier alpha value is -2.11. The first-order chi connectivity index (χ1) is 12.2. The molecule has 4 unspecified atom stereocenters. The number of hydrogen-bond acceptors (Lipinski definition) is 3. The van der Waals surface area contributed by atoms with E-state index in [1.54, 1.807) is 21.8 Å². The monoisotopic (exact) mass is 339 g/mol. The van der Waals surface area contributed by atoms with E-state index in [0.717, 1.165) is 30.0 Å². The maximum absolute atomic E-state index is 13.0. The zero-order valence-electron chi connectivity index (χ0n) is 14.6. The number of amides is 1. The lowest BCUT2D eigenvalue weighted by molar-refractivity contribution is 0.0912. The van der Waals surface area contributed by atoms with Crippen LogP contribution in [-0.4, -0.2) is 31.5 Å². The van der Waals surface area contributed by atoms with Crippen molar-refractivity contribution in [3.8, 4) is 5.82 Å². The second-order valence-corrected chi connectivity index (χ2v) is 8.21. The molecule has 2 heterocycles. The lowest BCUT2D eigenvalue weighted by atomic mass is 9.80. The molecule has 3 aliphatic rings. The summed E-state index contributed by atoms with van der Waals surface area (Å²) in [5.74, 6) is 4.02. The summed E-state index contributed by atoms with van der Waals surface area (Å²) in [5, 5.41) is 11.9. The van der Waals surface area contributed by atoms with Crippen LogP contribution in [-0.2, 0) is 7.05 Å². The zero-order valence-corrected chi connectivity index (χ0v) is 14.6. The number of aromatic nitrogens is 4. The quantitative estimate of drug-likeness (QED) is 0.935. The third-order valence-electron chi connectivity index (χ3n) is 6.74. The van der Waals surface area contributed by atoms with Crippen LogP contribution >= 0.6 is 0 Å². The number of aryl methyl sites for hydroxylation is 1. The Morgan fingerprint density at radius 1 is 1.16 bits per heavy atom. The normalized spacial score (nSPS) is 33.4. The van der Waals surface area contributed by atoms with E-state index in [2.05, 4.69) is 15.5 Å². The lowest BCUT2D eigenvalue weighted by Gasteiger charge is -2.27.